The fourth-order valence-corrected chi connectivity index (χ4v) is 2.78. The average Bonchev–Trinajstić information content (AvgIpc) is 2.39. The molecule has 0 aliphatic carbocycles. The van der Waals surface area contributed by atoms with Crippen LogP contribution in [0, 0.1) is 0 Å². The van der Waals surface area contributed by atoms with Gasteiger partial charge in [-0.1, -0.05) is 30.7 Å². The monoisotopic (exact) mass is 336 g/mol. The van der Waals surface area contributed by atoms with Crippen LogP contribution < -0.4 is 10.6 Å². The van der Waals surface area contributed by atoms with Gasteiger partial charge in [0.2, 0.25) is 5.91 Å². The van der Waals surface area contributed by atoms with Gasteiger partial charge in [-0.25, -0.2) is 0 Å². The summed E-state index contributed by atoms with van der Waals surface area (Å²) in [6.07, 6.45) is 0. The van der Waals surface area contributed by atoms with Gasteiger partial charge in [0, 0.05) is 17.5 Å². The summed E-state index contributed by atoms with van der Waals surface area (Å²) in [6, 6.07) is 7.85. The van der Waals surface area contributed by atoms with Gasteiger partial charge in [0.1, 0.15) is 0 Å². The first kappa shape index (κ1) is 19.6. The number of carbonyl (C=O) groups excluding carboxylic acids is 1. The lowest BCUT2D eigenvalue weighted by molar-refractivity contribution is -0.120. The predicted molar refractivity (Wildman–Crippen MR) is 90.2 cm³/mol. The maximum atomic E-state index is 12.0. The van der Waals surface area contributed by atoms with Crippen LogP contribution in [0.15, 0.2) is 29.2 Å². The highest BCUT2D eigenvalue weighted by Gasteiger charge is 2.15. The number of amides is 1. The molecule has 0 fully saturated rings. The summed E-state index contributed by atoms with van der Waals surface area (Å²) in [5.74, 6) is 0.0367. The van der Waals surface area contributed by atoms with E-state index in [1.807, 2.05) is 38.1 Å². The minimum atomic E-state index is -0.159. The molecule has 0 heterocycles. The molecular formula is C14H22Cl2N2OS. The number of thioether (sulfide) groups is 1. The second kappa shape index (κ2) is 10.3. The van der Waals surface area contributed by atoms with E-state index in [9.17, 15) is 4.79 Å². The van der Waals surface area contributed by atoms with Crippen molar-refractivity contribution in [3.8, 4) is 0 Å². The Morgan fingerprint density at radius 3 is 2.60 bits per heavy atom. The van der Waals surface area contributed by atoms with Gasteiger partial charge in [-0.2, -0.15) is 0 Å². The highest BCUT2D eigenvalue weighted by Crippen LogP contribution is 2.29. The number of hydrogen-bond acceptors (Lipinski definition) is 3. The summed E-state index contributed by atoms with van der Waals surface area (Å²) < 4.78 is 0. The Morgan fingerprint density at radius 1 is 1.35 bits per heavy atom. The van der Waals surface area contributed by atoms with Gasteiger partial charge >= 0.3 is 0 Å². The molecule has 2 atom stereocenters. The Bertz CT molecular complexity index is 418. The quantitative estimate of drug-likeness (QED) is 0.750. The SMILES string of the molecule is CCN[C@H](C)CNC(=O)C(C)Sc1ccccc1Cl.Cl. The van der Waals surface area contributed by atoms with Crippen molar-refractivity contribution in [2.75, 3.05) is 13.1 Å². The molecule has 0 bridgehead atoms. The maximum absolute atomic E-state index is 12.0. The molecular weight excluding hydrogens is 315 g/mol. The second-order valence-electron chi connectivity index (χ2n) is 4.39. The smallest absolute Gasteiger partial charge is 0.233 e. The Balaban J connectivity index is 0.00000361. The summed E-state index contributed by atoms with van der Waals surface area (Å²) in [4.78, 5) is 12.9. The van der Waals surface area contributed by atoms with Crippen LogP contribution in [0.25, 0.3) is 0 Å². The number of rotatable bonds is 7. The number of benzene rings is 1. The van der Waals surface area contributed by atoms with Gasteiger partial charge in [-0.05, 0) is 32.5 Å². The fraction of sp³-hybridized carbons (Fsp3) is 0.500. The van der Waals surface area contributed by atoms with Crippen molar-refractivity contribution in [1.29, 1.82) is 0 Å². The third-order valence-corrected chi connectivity index (χ3v) is 4.26. The minimum Gasteiger partial charge on any atom is -0.354 e. The van der Waals surface area contributed by atoms with Crippen LogP contribution in [-0.2, 0) is 4.79 Å². The molecule has 2 N–H and O–H groups in total. The molecule has 114 valence electrons. The largest absolute Gasteiger partial charge is 0.354 e. The van der Waals surface area contributed by atoms with E-state index in [2.05, 4.69) is 17.6 Å². The van der Waals surface area contributed by atoms with Crippen LogP contribution in [0.3, 0.4) is 0 Å². The van der Waals surface area contributed by atoms with Crippen LogP contribution in [0.5, 0.6) is 0 Å². The molecule has 1 rings (SSSR count). The molecule has 20 heavy (non-hydrogen) atoms. The number of likely N-dealkylation sites (N-methyl/N-ethyl adjacent to an activating group) is 1. The molecule has 1 aromatic rings. The number of nitrogens with one attached hydrogen (secondary N) is 2. The molecule has 0 saturated carbocycles. The van der Waals surface area contributed by atoms with E-state index in [1.165, 1.54) is 11.8 Å². The van der Waals surface area contributed by atoms with Crippen molar-refractivity contribution >= 4 is 41.7 Å². The van der Waals surface area contributed by atoms with Gasteiger partial charge in [-0.15, -0.1) is 24.2 Å². The molecule has 0 aromatic heterocycles. The Kier molecular flexibility index (Phi) is 10.1. The Hall–Kier alpha value is -0.420. The van der Waals surface area contributed by atoms with Crippen LogP contribution in [0.2, 0.25) is 5.02 Å². The van der Waals surface area contributed by atoms with E-state index in [4.69, 9.17) is 11.6 Å². The first-order chi connectivity index (χ1) is 9.04. The van der Waals surface area contributed by atoms with E-state index in [-0.39, 0.29) is 29.6 Å². The maximum Gasteiger partial charge on any atom is 0.233 e. The second-order valence-corrected chi connectivity index (χ2v) is 6.18. The van der Waals surface area contributed by atoms with E-state index < -0.39 is 0 Å². The van der Waals surface area contributed by atoms with Crippen LogP contribution in [-0.4, -0.2) is 30.3 Å². The molecule has 1 unspecified atom stereocenters. The standard InChI is InChI=1S/C14H21ClN2OS.ClH/c1-4-16-10(2)9-17-14(18)11(3)19-13-8-6-5-7-12(13)15;/h5-8,10-11,16H,4,9H2,1-3H3,(H,17,18);1H/t10-,11?;/m1./s1. The molecule has 1 aromatic carbocycles. The minimum absolute atomic E-state index is 0. The lowest BCUT2D eigenvalue weighted by Gasteiger charge is -2.16. The lowest BCUT2D eigenvalue weighted by atomic mass is 10.3. The molecule has 0 aliphatic heterocycles. The molecule has 0 spiro atoms. The van der Waals surface area contributed by atoms with Gasteiger partial charge in [0.15, 0.2) is 0 Å². The molecule has 3 nitrogen and oxygen atoms in total. The first-order valence-electron chi connectivity index (χ1n) is 6.46. The van der Waals surface area contributed by atoms with Crippen molar-refractivity contribution in [1.82, 2.24) is 10.6 Å². The molecule has 0 radical (unpaired) electrons. The van der Waals surface area contributed by atoms with Crippen molar-refractivity contribution in [2.24, 2.45) is 0 Å². The van der Waals surface area contributed by atoms with Crippen LogP contribution in [0.4, 0.5) is 0 Å². The van der Waals surface area contributed by atoms with Crippen molar-refractivity contribution in [3.63, 3.8) is 0 Å². The summed E-state index contributed by atoms with van der Waals surface area (Å²) in [7, 11) is 0. The molecule has 1 amide bonds. The molecule has 0 saturated heterocycles. The van der Waals surface area contributed by atoms with E-state index in [0.29, 0.717) is 11.6 Å². The molecule has 0 aliphatic rings. The van der Waals surface area contributed by atoms with E-state index >= 15 is 0 Å². The zero-order valence-corrected chi connectivity index (χ0v) is 14.4. The zero-order valence-electron chi connectivity index (χ0n) is 12.0. The van der Waals surface area contributed by atoms with E-state index in [0.717, 1.165) is 11.4 Å². The third-order valence-electron chi connectivity index (χ3n) is 2.64. The predicted octanol–water partition coefficient (Wildman–Crippen LogP) is 3.36. The highest BCUT2D eigenvalue weighted by molar-refractivity contribution is 8.00. The van der Waals surface area contributed by atoms with Gasteiger partial charge < -0.3 is 10.6 Å². The number of halogens is 2. The first-order valence-corrected chi connectivity index (χ1v) is 7.72. The Labute approximate surface area is 136 Å². The lowest BCUT2D eigenvalue weighted by Crippen LogP contribution is -2.41. The van der Waals surface area contributed by atoms with Gasteiger partial charge in [-0.3, -0.25) is 4.79 Å². The molecule has 6 heteroatoms. The topological polar surface area (TPSA) is 41.1 Å². The summed E-state index contributed by atoms with van der Waals surface area (Å²) in [5.41, 5.74) is 0. The summed E-state index contributed by atoms with van der Waals surface area (Å²) in [6.45, 7) is 7.53. The average molecular weight is 337 g/mol. The van der Waals surface area contributed by atoms with Gasteiger partial charge in [0.05, 0.1) is 10.3 Å². The highest BCUT2D eigenvalue weighted by atomic mass is 35.5. The van der Waals surface area contributed by atoms with E-state index in [1.54, 1.807) is 0 Å². The Morgan fingerprint density at radius 2 is 2.00 bits per heavy atom. The number of hydrogen-bond donors (Lipinski definition) is 2. The summed E-state index contributed by atoms with van der Waals surface area (Å²) in [5, 5.41) is 6.73. The number of carbonyl (C=O) groups is 1. The summed E-state index contributed by atoms with van der Waals surface area (Å²) >= 11 is 7.56. The van der Waals surface area contributed by atoms with Crippen molar-refractivity contribution in [3.05, 3.63) is 29.3 Å². The zero-order chi connectivity index (χ0) is 14.3. The van der Waals surface area contributed by atoms with Crippen molar-refractivity contribution < 1.29 is 4.79 Å². The normalized spacial score (nSPS) is 13.2. The fourth-order valence-electron chi connectivity index (χ4n) is 1.60. The van der Waals surface area contributed by atoms with Gasteiger partial charge in [0.25, 0.3) is 0 Å². The third kappa shape index (κ3) is 6.84. The van der Waals surface area contributed by atoms with Crippen molar-refractivity contribution in [2.45, 2.75) is 37.0 Å². The van der Waals surface area contributed by atoms with Crippen LogP contribution in [0.1, 0.15) is 20.8 Å². The van der Waals surface area contributed by atoms with Crippen LogP contribution >= 0.6 is 35.8 Å².